The number of hydrogen-bond acceptors (Lipinski definition) is 3. The molecule has 0 saturated carbocycles. The quantitative estimate of drug-likeness (QED) is 0.623. The zero-order chi connectivity index (χ0) is 9.84. The smallest absolute Gasteiger partial charge is 0.333 e. The lowest BCUT2D eigenvalue weighted by Gasteiger charge is -2.02. The average molecular weight is 182 g/mol. The Hall–Kier alpha value is -1.12. The Morgan fingerprint density at radius 1 is 1.38 bits per heavy atom. The van der Waals surface area contributed by atoms with E-state index < -0.39 is 0 Å². The SMILES string of the molecule is COC(=O)C1=C(CC(C)=O)CCC1. The number of esters is 1. The fraction of sp³-hybridized carbons (Fsp3) is 0.600. The summed E-state index contributed by atoms with van der Waals surface area (Å²) in [5.74, 6) is -0.160. The highest BCUT2D eigenvalue weighted by Crippen LogP contribution is 2.29. The van der Waals surface area contributed by atoms with Crippen LogP contribution in [0.2, 0.25) is 0 Å². The zero-order valence-corrected chi connectivity index (χ0v) is 8.05. The van der Waals surface area contributed by atoms with Crippen LogP contribution < -0.4 is 0 Å². The van der Waals surface area contributed by atoms with Crippen LogP contribution in [0, 0.1) is 0 Å². The van der Waals surface area contributed by atoms with Crippen LogP contribution in [-0.2, 0) is 14.3 Å². The number of methoxy groups -OCH3 is 1. The van der Waals surface area contributed by atoms with Crippen LogP contribution in [0.3, 0.4) is 0 Å². The Morgan fingerprint density at radius 2 is 2.08 bits per heavy atom. The molecule has 0 saturated heterocycles. The first-order chi connectivity index (χ1) is 6.15. The van der Waals surface area contributed by atoms with E-state index in [9.17, 15) is 9.59 Å². The molecule has 3 heteroatoms. The molecule has 1 aliphatic carbocycles. The van der Waals surface area contributed by atoms with Crippen molar-refractivity contribution >= 4 is 11.8 Å². The standard InChI is InChI=1S/C10H14O3/c1-7(11)6-8-4-3-5-9(8)10(12)13-2/h3-6H2,1-2H3. The maximum atomic E-state index is 11.2. The van der Waals surface area contributed by atoms with E-state index in [-0.39, 0.29) is 11.8 Å². The van der Waals surface area contributed by atoms with Crippen LogP contribution in [0.4, 0.5) is 0 Å². The molecule has 0 aliphatic heterocycles. The van der Waals surface area contributed by atoms with Gasteiger partial charge in [0.05, 0.1) is 7.11 Å². The summed E-state index contributed by atoms with van der Waals surface area (Å²) in [6.45, 7) is 1.54. The predicted molar refractivity (Wildman–Crippen MR) is 48.2 cm³/mol. The summed E-state index contributed by atoms with van der Waals surface area (Å²) in [5, 5.41) is 0. The van der Waals surface area contributed by atoms with Crippen LogP contribution in [0.1, 0.15) is 32.6 Å². The largest absolute Gasteiger partial charge is 0.466 e. The van der Waals surface area contributed by atoms with Crippen LogP contribution in [0.15, 0.2) is 11.1 Å². The van der Waals surface area contributed by atoms with E-state index in [4.69, 9.17) is 0 Å². The highest BCUT2D eigenvalue weighted by Gasteiger charge is 2.21. The summed E-state index contributed by atoms with van der Waals surface area (Å²) in [5.41, 5.74) is 1.69. The number of Topliss-reactive ketones (excluding diaryl/α,β-unsaturated/α-hetero) is 1. The molecule has 0 bridgehead atoms. The number of ketones is 1. The third-order valence-electron chi connectivity index (χ3n) is 2.23. The second kappa shape index (κ2) is 4.21. The molecule has 1 rings (SSSR count). The van der Waals surface area contributed by atoms with Gasteiger partial charge in [-0.3, -0.25) is 4.79 Å². The lowest BCUT2D eigenvalue weighted by atomic mass is 10.1. The molecule has 72 valence electrons. The Bertz CT molecular complexity index is 263. The molecule has 0 N–H and O–H groups in total. The van der Waals surface area contributed by atoms with Gasteiger partial charge in [0.25, 0.3) is 0 Å². The number of ether oxygens (including phenoxy) is 1. The number of carbonyl (C=O) groups excluding carboxylic acids is 2. The molecule has 0 atom stereocenters. The van der Waals surface area contributed by atoms with Gasteiger partial charge < -0.3 is 4.74 Å². The van der Waals surface area contributed by atoms with Gasteiger partial charge in [0.1, 0.15) is 5.78 Å². The third kappa shape index (κ3) is 2.41. The van der Waals surface area contributed by atoms with E-state index in [2.05, 4.69) is 4.74 Å². The molecule has 13 heavy (non-hydrogen) atoms. The Labute approximate surface area is 77.8 Å². The predicted octanol–water partition coefficient (Wildman–Crippen LogP) is 1.62. The molecule has 0 aromatic rings. The molecule has 0 amide bonds. The first-order valence-corrected chi connectivity index (χ1v) is 4.43. The van der Waals surface area contributed by atoms with Crippen molar-refractivity contribution in [1.29, 1.82) is 0 Å². The van der Waals surface area contributed by atoms with Gasteiger partial charge in [-0.25, -0.2) is 4.79 Å². The van der Waals surface area contributed by atoms with E-state index >= 15 is 0 Å². The summed E-state index contributed by atoms with van der Waals surface area (Å²) >= 11 is 0. The summed E-state index contributed by atoms with van der Waals surface area (Å²) < 4.78 is 4.64. The van der Waals surface area contributed by atoms with Crippen molar-refractivity contribution in [2.45, 2.75) is 32.6 Å². The molecular weight excluding hydrogens is 168 g/mol. The molecule has 1 aliphatic rings. The topological polar surface area (TPSA) is 43.4 Å². The monoisotopic (exact) mass is 182 g/mol. The van der Waals surface area contributed by atoms with E-state index in [1.165, 1.54) is 7.11 Å². The van der Waals surface area contributed by atoms with Gasteiger partial charge in [-0.15, -0.1) is 0 Å². The second-order valence-electron chi connectivity index (χ2n) is 3.31. The third-order valence-corrected chi connectivity index (χ3v) is 2.23. The van der Waals surface area contributed by atoms with Gasteiger partial charge in [-0.05, 0) is 26.2 Å². The molecule has 0 unspecified atom stereocenters. The summed E-state index contributed by atoms with van der Waals surface area (Å²) in [6.07, 6.45) is 3.00. The van der Waals surface area contributed by atoms with Gasteiger partial charge in [-0.1, -0.05) is 5.57 Å². The second-order valence-corrected chi connectivity index (χ2v) is 3.31. The highest BCUT2D eigenvalue weighted by molar-refractivity contribution is 5.91. The van der Waals surface area contributed by atoms with Crippen molar-refractivity contribution in [2.24, 2.45) is 0 Å². The fourth-order valence-electron chi connectivity index (χ4n) is 1.67. The van der Waals surface area contributed by atoms with Crippen LogP contribution in [0.5, 0.6) is 0 Å². The normalized spacial score (nSPS) is 16.2. The maximum absolute atomic E-state index is 11.2. The molecule has 0 radical (unpaired) electrons. The van der Waals surface area contributed by atoms with Gasteiger partial charge in [0.15, 0.2) is 0 Å². The lowest BCUT2D eigenvalue weighted by molar-refractivity contribution is -0.136. The van der Waals surface area contributed by atoms with Gasteiger partial charge in [0, 0.05) is 12.0 Å². The highest BCUT2D eigenvalue weighted by atomic mass is 16.5. The molecule has 0 fully saturated rings. The lowest BCUT2D eigenvalue weighted by Crippen LogP contribution is -2.05. The summed E-state index contributed by atoms with van der Waals surface area (Å²) in [4.78, 5) is 22.1. The Morgan fingerprint density at radius 3 is 2.62 bits per heavy atom. The first kappa shape index (κ1) is 9.96. The number of rotatable bonds is 3. The van der Waals surface area contributed by atoms with Crippen molar-refractivity contribution < 1.29 is 14.3 Å². The Kier molecular flexibility index (Phi) is 3.23. The zero-order valence-electron chi connectivity index (χ0n) is 8.05. The molecular formula is C10H14O3. The van der Waals surface area contributed by atoms with E-state index in [1.54, 1.807) is 6.92 Å². The summed E-state index contributed by atoms with van der Waals surface area (Å²) in [6, 6.07) is 0. The van der Waals surface area contributed by atoms with Crippen molar-refractivity contribution in [3.63, 3.8) is 0 Å². The maximum Gasteiger partial charge on any atom is 0.333 e. The van der Waals surface area contributed by atoms with Gasteiger partial charge in [-0.2, -0.15) is 0 Å². The Balaban J connectivity index is 2.76. The van der Waals surface area contributed by atoms with Gasteiger partial charge >= 0.3 is 5.97 Å². The summed E-state index contributed by atoms with van der Waals surface area (Å²) in [7, 11) is 1.37. The molecule has 3 nitrogen and oxygen atoms in total. The van der Waals surface area contributed by atoms with Crippen molar-refractivity contribution in [3.05, 3.63) is 11.1 Å². The number of hydrogen-bond donors (Lipinski definition) is 0. The van der Waals surface area contributed by atoms with Gasteiger partial charge in [0.2, 0.25) is 0 Å². The minimum atomic E-state index is -0.270. The molecule has 0 aromatic heterocycles. The first-order valence-electron chi connectivity index (χ1n) is 4.43. The van der Waals surface area contributed by atoms with Crippen molar-refractivity contribution in [1.82, 2.24) is 0 Å². The van der Waals surface area contributed by atoms with E-state index in [0.29, 0.717) is 6.42 Å². The average Bonchev–Trinajstić information content (AvgIpc) is 2.50. The number of allylic oxidation sites excluding steroid dienone is 1. The minimum absolute atomic E-state index is 0.110. The molecule has 0 heterocycles. The molecule has 0 aromatic carbocycles. The molecule has 0 spiro atoms. The van der Waals surface area contributed by atoms with E-state index in [1.807, 2.05) is 0 Å². The van der Waals surface area contributed by atoms with Crippen LogP contribution in [0.25, 0.3) is 0 Å². The van der Waals surface area contributed by atoms with E-state index in [0.717, 1.165) is 30.4 Å². The van der Waals surface area contributed by atoms with Crippen molar-refractivity contribution in [3.8, 4) is 0 Å². The minimum Gasteiger partial charge on any atom is -0.466 e. The van der Waals surface area contributed by atoms with Crippen LogP contribution in [-0.4, -0.2) is 18.9 Å². The van der Waals surface area contributed by atoms with Crippen LogP contribution >= 0.6 is 0 Å². The number of carbonyl (C=O) groups is 2. The fourth-order valence-corrected chi connectivity index (χ4v) is 1.67. The van der Waals surface area contributed by atoms with Crippen molar-refractivity contribution in [2.75, 3.05) is 7.11 Å².